The Balaban J connectivity index is 1.58. The first kappa shape index (κ1) is 20.3. The second kappa shape index (κ2) is 8.74. The van der Waals surface area contributed by atoms with Gasteiger partial charge in [-0.3, -0.25) is 10.1 Å². The zero-order valence-electron chi connectivity index (χ0n) is 14.9. The molecule has 148 valence electrons. The van der Waals surface area contributed by atoms with Gasteiger partial charge in [-0.1, -0.05) is 24.3 Å². The summed E-state index contributed by atoms with van der Waals surface area (Å²) in [6.45, 7) is 0. The molecule has 0 atom stereocenters. The van der Waals surface area contributed by atoms with Crippen molar-refractivity contribution in [3.8, 4) is 11.5 Å². The van der Waals surface area contributed by atoms with Gasteiger partial charge in [0.05, 0.1) is 5.56 Å². The molecule has 0 heterocycles. The largest absolute Gasteiger partial charge is 0.457 e. The van der Waals surface area contributed by atoms with Gasteiger partial charge in [-0.05, 0) is 66.8 Å². The summed E-state index contributed by atoms with van der Waals surface area (Å²) in [7, 11) is 0. The SMILES string of the molecule is O=C(NC(=S)Nc1ccc(Oc2ccccc2)cc1)c1cccc(C(F)(F)F)c1. The quantitative estimate of drug-likeness (QED) is 0.542. The van der Waals surface area contributed by atoms with Crippen LogP contribution in [0.3, 0.4) is 0 Å². The van der Waals surface area contributed by atoms with E-state index >= 15 is 0 Å². The number of carbonyl (C=O) groups is 1. The van der Waals surface area contributed by atoms with Crippen molar-refractivity contribution in [2.75, 3.05) is 5.32 Å². The number of nitrogens with one attached hydrogen (secondary N) is 2. The molecular weight excluding hydrogens is 401 g/mol. The molecule has 0 fully saturated rings. The molecule has 0 aromatic heterocycles. The maximum absolute atomic E-state index is 12.8. The molecule has 0 saturated carbocycles. The zero-order valence-corrected chi connectivity index (χ0v) is 15.7. The number of para-hydroxylation sites is 1. The van der Waals surface area contributed by atoms with Crippen LogP contribution < -0.4 is 15.4 Å². The lowest BCUT2D eigenvalue weighted by Crippen LogP contribution is -2.34. The molecule has 3 aromatic rings. The van der Waals surface area contributed by atoms with Crippen molar-refractivity contribution >= 4 is 28.9 Å². The summed E-state index contributed by atoms with van der Waals surface area (Å²) >= 11 is 5.06. The number of thiocarbonyl (C=S) groups is 1. The molecule has 0 aliphatic rings. The van der Waals surface area contributed by atoms with Gasteiger partial charge in [0, 0.05) is 11.3 Å². The van der Waals surface area contributed by atoms with Crippen LogP contribution >= 0.6 is 12.2 Å². The van der Waals surface area contributed by atoms with E-state index in [1.165, 1.54) is 12.1 Å². The van der Waals surface area contributed by atoms with Crippen LogP contribution in [0.4, 0.5) is 18.9 Å². The highest BCUT2D eigenvalue weighted by atomic mass is 32.1. The van der Waals surface area contributed by atoms with Gasteiger partial charge in [-0.15, -0.1) is 0 Å². The summed E-state index contributed by atoms with van der Waals surface area (Å²) in [4.78, 5) is 12.2. The maximum Gasteiger partial charge on any atom is 0.416 e. The van der Waals surface area contributed by atoms with Crippen molar-refractivity contribution in [1.82, 2.24) is 5.32 Å². The lowest BCUT2D eigenvalue weighted by Gasteiger charge is -2.12. The van der Waals surface area contributed by atoms with E-state index in [-0.39, 0.29) is 10.7 Å². The normalized spacial score (nSPS) is 10.9. The summed E-state index contributed by atoms with van der Waals surface area (Å²) in [6, 6.07) is 20.2. The molecule has 0 aliphatic heterocycles. The minimum Gasteiger partial charge on any atom is -0.457 e. The number of rotatable bonds is 4. The monoisotopic (exact) mass is 416 g/mol. The summed E-state index contributed by atoms with van der Waals surface area (Å²) < 4.78 is 44.0. The third kappa shape index (κ3) is 5.79. The first-order valence-corrected chi connectivity index (χ1v) is 8.85. The molecule has 0 unspecified atom stereocenters. The van der Waals surface area contributed by atoms with Gasteiger partial charge in [0.25, 0.3) is 5.91 Å². The molecule has 3 rings (SSSR count). The molecule has 0 bridgehead atoms. The van der Waals surface area contributed by atoms with Gasteiger partial charge < -0.3 is 10.1 Å². The van der Waals surface area contributed by atoms with Crippen LogP contribution in [0.2, 0.25) is 0 Å². The van der Waals surface area contributed by atoms with Crippen LogP contribution in [0.25, 0.3) is 0 Å². The Labute approximate surface area is 170 Å². The average Bonchev–Trinajstić information content (AvgIpc) is 2.69. The Morgan fingerprint density at radius 2 is 1.52 bits per heavy atom. The number of anilines is 1. The van der Waals surface area contributed by atoms with E-state index < -0.39 is 17.6 Å². The molecule has 2 N–H and O–H groups in total. The third-order valence-corrected chi connectivity index (χ3v) is 3.97. The summed E-state index contributed by atoms with van der Waals surface area (Å²) in [5.41, 5.74) is -0.464. The standard InChI is InChI=1S/C21H15F3N2O2S/c22-21(23,24)15-6-4-5-14(13-15)19(27)26-20(29)25-16-9-11-18(12-10-16)28-17-7-2-1-3-8-17/h1-13H,(H2,25,26,27,29). The molecule has 8 heteroatoms. The second-order valence-corrected chi connectivity index (χ2v) is 6.33. The van der Waals surface area contributed by atoms with Gasteiger partial charge in [-0.25, -0.2) is 0 Å². The minimum atomic E-state index is -4.53. The topological polar surface area (TPSA) is 50.4 Å². The van der Waals surface area contributed by atoms with E-state index in [0.29, 0.717) is 17.2 Å². The molecule has 0 aliphatic carbocycles. The number of halogens is 3. The second-order valence-electron chi connectivity index (χ2n) is 5.93. The van der Waals surface area contributed by atoms with Crippen LogP contribution in [0.15, 0.2) is 78.9 Å². The van der Waals surface area contributed by atoms with Crippen molar-refractivity contribution in [3.05, 3.63) is 90.0 Å². The molecule has 4 nitrogen and oxygen atoms in total. The number of benzene rings is 3. The number of hydrogen-bond donors (Lipinski definition) is 2. The molecule has 0 radical (unpaired) electrons. The van der Waals surface area contributed by atoms with E-state index in [9.17, 15) is 18.0 Å². The van der Waals surface area contributed by atoms with Gasteiger partial charge in [0.2, 0.25) is 0 Å². The lowest BCUT2D eigenvalue weighted by molar-refractivity contribution is -0.137. The van der Waals surface area contributed by atoms with E-state index in [1.807, 2.05) is 30.3 Å². The molecular formula is C21H15F3N2O2S. The Morgan fingerprint density at radius 3 is 2.17 bits per heavy atom. The fourth-order valence-electron chi connectivity index (χ4n) is 2.41. The van der Waals surface area contributed by atoms with Gasteiger partial charge in [0.15, 0.2) is 5.11 Å². The highest BCUT2D eigenvalue weighted by Gasteiger charge is 2.30. The Kier molecular flexibility index (Phi) is 6.13. The maximum atomic E-state index is 12.8. The van der Waals surface area contributed by atoms with E-state index in [1.54, 1.807) is 24.3 Å². The van der Waals surface area contributed by atoms with Crippen LogP contribution in [0, 0.1) is 0 Å². The predicted molar refractivity (Wildman–Crippen MR) is 108 cm³/mol. The molecule has 3 aromatic carbocycles. The first-order valence-electron chi connectivity index (χ1n) is 8.44. The van der Waals surface area contributed by atoms with Crippen molar-refractivity contribution < 1.29 is 22.7 Å². The smallest absolute Gasteiger partial charge is 0.416 e. The van der Waals surface area contributed by atoms with Crippen molar-refractivity contribution in [3.63, 3.8) is 0 Å². The number of amides is 1. The summed E-state index contributed by atoms with van der Waals surface area (Å²) in [5.74, 6) is 0.565. The van der Waals surface area contributed by atoms with Crippen molar-refractivity contribution in [1.29, 1.82) is 0 Å². The van der Waals surface area contributed by atoms with Crippen LogP contribution in [-0.4, -0.2) is 11.0 Å². The predicted octanol–water partition coefficient (Wildman–Crippen LogP) is 5.62. The fraction of sp³-hybridized carbons (Fsp3) is 0.0476. The molecule has 0 spiro atoms. The van der Waals surface area contributed by atoms with Crippen molar-refractivity contribution in [2.24, 2.45) is 0 Å². The van der Waals surface area contributed by atoms with E-state index in [2.05, 4.69) is 10.6 Å². The van der Waals surface area contributed by atoms with Crippen LogP contribution in [0.5, 0.6) is 11.5 Å². The first-order chi connectivity index (χ1) is 13.8. The molecule has 1 amide bonds. The zero-order chi connectivity index (χ0) is 20.9. The number of carbonyl (C=O) groups excluding carboxylic acids is 1. The number of ether oxygens (including phenoxy) is 1. The number of hydrogen-bond acceptors (Lipinski definition) is 3. The Hall–Kier alpha value is -3.39. The van der Waals surface area contributed by atoms with Gasteiger partial charge in [-0.2, -0.15) is 13.2 Å². The lowest BCUT2D eigenvalue weighted by atomic mass is 10.1. The highest BCUT2D eigenvalue weighted by Crippen LogP contribution is 2.29. The third-order valence-electron chi connectivity index (χ3n) is 3.77. The number of alkyl halides is 3. The molecule has 29 heavy (non-hydrogen) atoms. The summed E-state index contributed by atoms with van der Waals surface area (Å²) in [5, 5.41) is 5.12. The summed E-state index contributed by atoms with van der Waals surface area (Å²) in [6.07, 6.45) is -4.53. The fourth-order valence-corrected chi connectivity index (χ4v) is 2.62. The highest BCUT2D eigenvalue weighted by molar-refractivity contribution is 7.80. The van der Waals surface area contributed by atoms with Crippen LogP contribution in [-0.2, 0) is 6.18 Å². The average molecular weight is 416 g/mol. The van der Waals surface area contributed by atoms with Gasteiger partial charge in [0.1, 0.15) is 11.5 Å². The Bertz CT molecular complexity index is 1010. The molecule has 0 saturated heterocycles. The van der Waals surface area contributed by atoms with Gasteiger partial charge >= 0.3 is 6.18 Å². The van der Waals surface area contributed by atoms with Crippen LogP contribution in [0.1, 0.15) is 15.9 Å². The minimum absolute atomic E-state index is 0.0378. The van der Waals surface area contributed by atoms with E-state index in [4.69, 9.17) is 17.0 Å². The Morgan fingerprint density at radius 1 is 0.862 bits per heavy atom. The van der Waals surface area contributed by atoms with E-state index in [0.717, 1.165) is 12.1 Å². The van der Waals surface area contributed by atoms with Crippen molar-refractivity contribution in [2.45, 2.75) is 6.18 Å².